The van der Waals surface area contributed by atoms with Gasteiger partial charge >= 0.3 is 0 Å². The molecule has 2 aliphatic carbocycles. The lowest BCUT2D eigenvalue weighted by molar-refractivity contribution is 0.107. The van der Waals surface area contributed by atoms with E-state index in [0.717, 1.165) is 11.8 Å². The SMILES string of the molecule is C1CNC2(C1)CC(C1CC1)C2. The van der Waals surface area contributed by atoms with Crippen molar-refractivity contribution in [3.8, 4) is 0 Å². The summed E-state index contributed by atoms with van der Waals surface area (Å²) >= 11 is 0. The van der Waals surface area contributed by atoms with Crippen LogP contribution >= 0.6 is 0 Å². The third-order valence-electron chi connectivity index (χ3n) is 3.93. The van der Waals surface area contributed by atoms with Gasteiger partial charge in [-0.2, -0.15) is 0 Å². The van der Waals surface area contributed by atoms with Crippen LogP contribution in [-0.4, -0.2) is 12.1 Å². The van der Waals surface area contributed by atoms with Crippen LogP contribution in [0.15, 0.2) is 0 Å². The molecule has 3 fully saturated rings. The van der Waals surface area contributed by atoms with Gasteiger partial charge in [-0.25, -0.2) is 0 Å². The van der Waals surface area contributed by atoms with Crippen molar-refractivity contribution in [1.82, 2.24) is 5.32 Å². The zero-order chi connectivity index (χ0) is 7.31. The van der Waals surface area contributed by atoms with Gasteiger partial charge in [0.15, 0.2) is 0 Å². The van der Waals surface area contributed by atoms with Crippen LogP contribution < -0.4 is 5.32 Å². The van der Waals surface area contributed by atoms with Crippen molar-refractivity contribution in [3.05, 3.63) is 0 Å². The third-order valence-corrected chi connectivity index (χ3v) is 3.93. The predicted molar refractivity (Wildman–Crippen MR) is 45.4 cm³/mol. The maximum atomic E-state index is 3.68. The molecule has 0 aromatic heterocycles. The van der Waals surface area contributed by atoms with E-state index in [1.165, 1.54) is 32.2 Å². The molecule has 1 saturated heterocycles. The normalized spacial score (nSPS) is 49.6. The van der Waals surface area contributed by atoms with Gasteiger partial charge in [-0.1, -0.05) is 0 Å². The van der Waals surface area contributed by atoms with Gasteiger partial charge in [0.2, 0.25) is 0 Å². The van der Waals surface area contributed by atoms with E-state index in [9.17, 15) is 0 Å². The fourth-order valence-electron chi connectivity index (χ4n) is 3.06. The molecule has 2 saturated carbocycles. The number of hydrogen-bond acceptors (Lipinski definition) is 1. The molecule has 0 radical (unpaired) electrons. The van der Waals surface area contributed by atoms with Crippen LogP contribution in [0.5, 0.6) is 0 Å². The monoisotopic (exact) mass is 151 g/mol. The molecule has 1 N–H and O–H groups in total. The van der Waals surface area contributed by atoms with Crippen molar-refractivity contribution < 1.29 is 0 Å². The van der Waals surface area contributed by atoms with Gasteiger partial charge in [0.1, 0.15) is 0 Å². The molecule has 11 heavy (non-hydrogen) atoms. The van der Waals surface area contributed by atoms with Gasteiger partial charge < -0.3 is 5.32 Å². The second kappa shape index (κ2) is 2.01. The van der Waals surface area contributed by atoms with Crippen LogP contribution in [0, 0.1) is 11.8 Å². The van der Waals surface area contributed by atoms with E-state index in [2.05, 4.69) is 5.32 Å². The van der Waals surface area contributed by atoms with Gasteiger partial charge in [0.05, 0.1) is 0 Å². The molecular formula is C10H17N. The van der Waals surface area contributed by atoms with Crippen LogP contribution in [0.2, 0.25) is 0 Å². The Bertz CT molecular complexity index is 158. The third kappa shape index (κ3) is 0.936. The lowest BCUT2D eigenvalue weighted by Crippen LogP contribution is -2.51. The first-order chi connectivity index (χ1) is 5.38. The van der Waals surface area contributed by atoms with Gasteiger partial charge in [-0.05, 0) is 56.9 Å². The molecule has 3 aliphatic rings. The largest absolute Gasteiger partial charge is 0.311 e. The second-order valence-electron chi connectivity index (χ2n) is 4.82. The topological polar surface area (TPSA) is 12.0 Å². The minimum Gasteiger partial charge on any atom is -0.311 e. The highest BCUT2D eigenvalue weighted by Gasteiger charge is 2.50. The van der Waals surface area contributed by atoms with Gasteiger partial charge in [-0.3, -0.25) is 0 Å². The van der Waals surface area contributed by atoms with Crippen molar-refractivity contribution in [1.29, 1.82) is 0 Å². The van der Waals surface area contributed by atoms with Crippen molar-refractivity contribution in [2.45, 2.75) is 44.1 Å². The fourth-order valence-corrected chi connectivity index (χ4v) is 3.06. The van der Waals surface area contributed by atoms with Crippen LogP contribution in [0.1, 0.15) is 38.5 Å². The van der Waals surface area contributed by atoms with Crippen LogP contribution in [-0.2, 0) is 0 Å². The summed E-state index contributed by atoms with van der Waals surface area (Å²) in [4.78, 5) is 0. The van der Waals surface area contributed by atoms with E-state index < -0.39 is 0 Å². The average Bonchev–Trinajstić information content (AvgIpc) is 2.64. The summed E-state index contributed by atoms with van der Waals surface area (Å²) in [6.07, 6.45) is 9.00. The van der Waals surface area contributed by atoms with Crippen molar-refractivity contribution in [2.24, 2.45) is 11.8 Å². The molecule has 0 aromatic rings. The summed E-state index contributed by atoms with van der Waals surface area (Å²) < 4.78 is 0. The van der Waals surface area contributed by atoms with E-state index in [-0.39, 0.29) is 0 Å². The average molecular weight is 151 g/mol. The Morgan fingerprint density at radius 2 is 1.91 bits per heavy atom. The highest BCUT2D eigenvalue weighted by molar-refractivity contribution is 5.07. The first kappa shape index (κ1) is 6.47. The highest BCUT2D eigenvalue weighted by Crippen LogP contribution is 2.53. The number of hydrogen-bond donors (Lipinski definition) is 1. The highest BCUT2D eigenvalue weighted by atomic mass is 15.0. The fraction of sp³-hybridized carbons (Fsp3) is 1.00. The minimum atomic E-state index is 0.660. The van der Waals surface area contributed by atoms with Crippen molar-refractivity contribution in [3.63, 3.8) is 0 Å². The second-order valence-corrected chi connectivity index (χ2v) is 4.82. The summed E-state index contributed by atoms with van der Waals surface area (Å²) in [6.45, 7) is 1.29. The zero-order valence-electron chi connectivity index (χ0n) is 7.10. The van der Waals surface area contributed by atoms with Gasteiger partial charge in [-0.15, -0.1) is 0 Å². The summed E-state index contributed by atoms with van der Waals surface area (Å²) in [7, 11) is 0. The Labute approximate surface area is 68.6 Å². The molecule has 1 heterocycles. The van der Waals surface area contributed by atoms with Crippen LogP contribution in [0.3, 0.4) is 0 Å². The predicted octanol–water partition coefficient (Wildman–Crippen LogP) is 1.93. The van der Waals surface area contributed by atoms with E-state index in [1.807, 2.05) is 0 Å². The Morgan fingerprint density at radius 3 is 2.45 bits per heavy atom. The Kier molecular flexibility index (Phi) is 1.18. The molecule has 1 nitrogen and oxygen atoms in total. The maximum Gasteiger partial charge on any atom is 0.0187 e. The van der Waals surface area contributed by atoms with Crippen LogP contribution in [0.25, 0.3) is 0 Å². The molecule has 3 rings (SSSR count). The molecule has 0 amide bonds. The summed E-state index contributed by atoms with van der Waals surface area (Å²) in [5.41, 5.74) is 0.660. The van der Waals surface area contributed by atoms with E-state index in [1.54, 1.807) is 12.8 Å². The molecule has 1 heteroatoms. The molecule has 1 aliphatic heterocycles. The lowest BCUT2D eigenvalue weighted by Gasteiger charge is -2.46. The molecule has 0 aromatic carbocycles. The molecular weight excluding hydrogens is 134 g/mol. The summed E-state index contributed by atoms with van der Waals surface area (Å²) in [5, 5.41) is 3.68. The van der Waals surface area contributed by atoms with E-state index in [0.29, 0.717) is 5.54 Å². The minimum absolute atomic E-state index is 0.660. The zero-order valence-corrected chi connectivity index (χ0v) is 7.10. The summed E-state index contributed by atoms with van der Waals surface area (Å²) in [5.74, 6) is 2.28. The Balaban J connectivity index is 1.60. The molecule has 0 atom stereocenters. The van der Waals surface area contributed by atoms with Crippen LogP contribution in [0.4, 0.5) is 0 Å². The number of nitrogens with one attached hydrogen (secondary N) is 1. The Hall–Kier alpha value is -0.0400. The smallest absolute Gasteiger partial charge is 0.0187 e. The van der Waals surface area contributed by atoms with E-state index in [4.69, 9.17) is 0 Å². The molecule has 0 bridgehead atoms. The van der Waals surface area contributed by atoms with E-state index >= 15 is 0 Å². The first-order valence-electron chi connectivity index (χ1n) is 5.13. The molecule has 62 valence electrons. The van der Waals surface area contributed by atoms with Crippen molar-refractivity contribution in [2.75, 3.05) is 6.54 Å². The van der Waals surface area contributed by atoms with Gasteiger partial charge in [0, 0.05) is 5.54 Å². The van der Waals surface area contributed by atoms with Crippen molar-refractivity contribution >= 4 is 0 Å². The quantitative estimate of drug-likeness (QED) is 0.604. The lowest BCUT2D eigenvalue weighted by atomic mass is 9.65. The number of rotatable bonds is 1. The summed E-state index contributed by atoms with van der Waals surface area (Å²) in [6, 6.07) is 0. The first-order valence-corrected chi connectivity index (χ1v) is 5.13. The van der Waals surface area contributed by atoms with Gasteiger partial charge in [0.25, 0.3) is 0 Å². The maximum absolute atomic E-state index is 3.68. The molecule has 1 spiro atoms. The standard InChI is InChI=1S/C10H17N/c1-4-10(11-5-1)6-9(7-10)8-2-3-8/h8-9,11H,1-7H2. The Morgan fingerprint density at radius 1 is 1.09 bits per heavy atom. The molecule has 0 unspecified atom stereocenters.